The molecule has 0 aliphatic rings. The average Bonchev–Trinajstić information content (AvgIpc) is 3.01. The van der Waals surface area contributed by atoms with Crippen LogP contribution in [0.3, 0.4) is 0 Å². The lowest BCUT2D eigenvalue weighted by Gasteiger charge is -2.11. The fraction of sp³-hybridized carbons (Fsp3) is 0.118. The van der Waals surface area contributed by atoms with E-state index < -0.39 is 0 Å². The van der Waals surface area contributed by atoms with Crippen LogP contribution in [-0.2, 0) is 0 Å². The van der Waals surface area contributed by atoms with E-state index in [9.17, 15) is 4.79 Å². The Labute approximate surface area is 132 Å². The molecule has 0 bridgehead atoms. The molecule has 0 aliphatic carbocycles. The summed E-state index contributed by atoms with van der Waals surface area (Å²) in [6, 6.07) is 13.0. The van der Waals surface area contributed by atoms with Crippen LogP contribution in [0.4, 0.5) is 5.69 Å². The predicted octanol–water partition coefficient (Wildman–Crippen LogP) is 4.17. The third kappa shape index (κ3) is 2.76. The molecule has 22 heavy (non-hydrogen) atoms. The number of ether oxygens (including phenoxy) is 2. The van der Waals surface area contributed by atoms with Gasteiger partial charge in [0, 0.05) is 10.4 Å². The Bertz CT molecular complexity index is 826. The van der Waals surface area contributed by atoms with Gasteiger partial charge in [-0.15, -0.1) is 11.3 Å². The lowest BCUT2D eigenvalue weighted by Crippen LogP contribution is -2.13. The third-order valence-electron chi connectivity index (χ3n) is 3.36. The highest BCUT2D eigenvalue weighted by atomic mass is 32.1. The second kappa shape index (κ2) is 6.07. The van der Waals surface area contributed by atoms with Crippen molar-refractivity contribution in [2.75, 3.05) is 19.5 Å². The first-order valence-corrected chi connectivity index (χ1v) is 7.60. The Hall–Kier alpha value is -2.53. The first-order valence-electron chi connectivity index (χ1n) is 6.72. The zero-order valence-electron chi connectivity index (χ0n) is 12.3. The van der Waals surface area contributed by atoms with Crippen molar-refractivity contribution in [2.24, 2.45) is 0 Å². The molecule has 0 fully saturated rings. The average molecular weight is 313 g/mol. The fourth-order valence-corrected chi connectivity index (χ4v) is 3.01. The van der Waals surface area contributed by atoms with Crippen LogP contribution in [0.2, 0.25) is 0 Å². The molecule has 0 aliphatic heterocycles. The van der Waals surface area contributed by atoms with Crippen LogP contribution in [0.5, 0.6) is 11.5 Å². The van der Waals surface area contributed by atoms with Crippen molar-refractivity contribution in [1.29, 1.82) is 0 Å². The summed E-state index contributed by atoms with van der Waals surface area (Å²) in [5, 5.41) is 6.04. The van der Waals surface area contributed by atoms with Gasteiger partial charge in [-0.1, -0.05) is 0 Å². The second-order valence-electron chi connectivity index (χ2n) is 4.69. The van der Waals surface area contributed by atoms with Gasteiger partial charge in [0.1, 0.15) is 11.5 Å². The summed E-state index contributed by atoms with van der Waals surface area (Å²) in [6.45, 7) is 0. The Morgan fingerprint density at radius 2 is 1.91 bits per heavy atom. The monoisotopic (exact) mass is 313 g/mol. The molecule has 1 N–H and O–H groups in total. The molecule has 0 spiro atoms. The van der Waals surface area contributed by atoms with Gasteiger partial charge >= 0.3 is 0 Å². The molecule has 5 heteroatoms. The van der Waals surface area contributed by atoms with Gasteiger partial charge < -0.3 is 14.8 Å². The van der Waals surface area contributed by atoms with E-state index in [4.69, 9.17) is 9.47 Å². The number of anilines is 1. The Balaban J connectivity index is 1.90. The van der Waals surface area contributed by atoms with Crippen molar-refractivity contribution in [3.8, 4) is 11.5 Å². The molecule has 1 heterocycles. The molecule has 3 rings (SSSR count). The number of benzene rings is 2. The molecular weight excluding hydrogens is 298 g/mol. The van der Waals surface area contributed by atoms with Crippen molar-refractivity contribution >= 4 is 33.0 Å². The molecule has 3 aromatic rings. The maximum atomic E-state index is 12.5. The number of hydrogen-bond acceptors (Lipinski definition) is 4. The number of carbonyl (C=O) groups excluding carboxylic acids is 1. The zero-order valence-corrected chi connectivity index (χ0v) is 13.1. The Morgan fingerprint density at radius 1 is 1.05 bits per heavy atom. The summed E-state index contributed by atoms with van der Waals surface area (Å²) in [4.78, 5) is 12.5. The maximum Gasteiger partial charge on any atom is 0.259 e. The molecule has 0 saturated carbocycles. The minimum atomic E-state index is -0.231. The van der Waals surface area contributed by atoms with Crippen LogP contribution in [0.15, 0.2) is 47.8 Å². The van der Waals surface area contributed by atoms with E-state index in [1.54, 1.807) is 36.6 Å². The summed E-state index contributed by atoms with van der Waals surface area (Å²) in [5.74, 6) is 0.888. The highest BCUT2D eigenvalue weighted by Crippen LogP contribution is 2.27. The highest BCUT2D eigenvalue weighted by molar-refractivity contribution is 7.17. The Kier molecular flexibility index (Phi) is 3.98. The normalized spacial score (nSPS) is 10.5. The summed E-state index contributed by atoms with van der Waals surface area (Å²) in [6.07, 6.45) is 0. The molecule has 1 amide bonds. The molecule has 2 aromatic carbocycles. The Morgan fingerprint density at radius 3 is 2.68 bits per heavy atom. The van der Waals surface area contributed by atoms with Gasteiger partial charge in [-0.25, -0.2) is 0 Å². The van der Waals surface area contributed by atoms with E-state index >= 15 is 0 Å². The third-order valence-corrected chi connectivity index (χ3v) is 4.26. The quantitative estimate of drug-likeness (QED) is 0.786. The van der Waals surface area contributed by atoms with Gasteiger partial charge in [0.2, 0.25) is 0 Å². The molecule has 0 atom stereocenters. The molecule has 1 aromatic heterocycles. The highest BCUT2D eigenvalue weighted by Gasteiger charge is 2.14. The number of methoxy groups -OCH3 is 2. The van der Waals surface area contributed by atoms with Crippen LogP contribution >= 0.6 is 11.3 Å². The van der Waals surface area contributed by atoms with Gasteiger partial charge in [-0.2, -0.15) is 0 Å². The molecule has 0 unspecified atom stereocenters. The number of amides is 1. The van der Waals surface area contributed by atoms with Gasteiger partial charge in [-0.3, -0.25) is 4.79 Å². The van der Waals surface area contributed by atoms with Crippen molar-refractivity contribution < 1.29 is 14.3 Å². The predicted molar refractivity (Wildman–Crippen MR) is 89.3 cm³/mol. The summed E-state index contributed by atoms with van der Waals surface area (Å²) < 4.78 is 11.6. The second-order valence-corrected chi connectivity index (χ2v) is 5.64. The van der Waals surface area contributed by atoms with E-state index in [-0.39, 0.29) is 5.91 Å². The first-order chi connectivity index (χ1) is 10.7. The fourth-order valence-electron chi connectivity index (χ4n) is 2.23. The molecule has 0 radical (unpaired) electrons. The van der Waals surface area contributed by atoms with E-state index in [2.05, 4.69) is 5.32 Å². The minimum absolute atomic E-state index is 0.231. The number of rotatable bonds is 4. The van der Waals surface area contributed by atoms with Crippen molar-refractivity contribution in [3.63, 3.8) is 0 Å². The van der Waals surface area contributed by atoms with Crippen LogP contribution in [0.25, 0.3) is 10.1 Å². The van der Waals surface area contributed by atoms with Crippen molar-refractivity contribution in [2.45, 2.75) is 0 Å². The van der Waals surface area contributed by atoms with E-state index in [0.717, 1.165) is 11.1 Å². The topological polar surface area (TPSA) is 47.6 Å². The summed E-state index contributed by atoms with van der Waals surface area (Å²) >= 11 is 1.67. The van der Waals surface area contributed by atoms with Gasteiger partial charge in [0.15, 0.2) is 0 Å². The summed E-state index contributed by atoms with van der Waals surface area (Å²) in [5.41, 5.74) is 1.19. The van der Waals surface area contributed by atoms with Crippen LogP contribution in [0.1, 0.15) is 10.4 Å². The van der Waals surface area contributed by atoms with Gasteiger partial charge in [0.25, 0.3) is 5.91 Å². The molecule has 0 saturated heterocycles. The smallest absolute Gasteiger partial charge is 0.259 e. The van der Waals surface area contributed by atoms with Gasteiger partial charge in [0.05, 0.1) is 19.8 Å². The largest absolute Gasteiger partial charge is 0.497 e. The van der Waals surface area contributed by atoms with Gasteiger partial charge in [-0.05, 0) is 53.2 Å². The lowest BCUT2D eigenvalue weighted by atomic mass is 10.1. The number of thiophene rings is 1. The first kappa shape index (κ1) is 14.4. The summed E-state index contributed by atoms with van der Waals surface area (Å²) in [7, 11) is 3.10. The van der Waals surface area contributed by atoms with E-state index in [0.29, 0.717) is 17.1 Å². The number of hydrogen-bond donors (Lipinski definition) is 1. The van der Waals surface area contributed by atoms with Crippen LogP contribution in [-0.4, -0.2) is 20.1 Å². The van der Waals surface area contributed by atoms with Crippen LogP contribution < -0.4 is 14.8 Å². The van der Waals surface area contributed by atoms with Crippen molar-refractivity contribution in [1.82, 2.24) is 0 Å². The van der Waals surface area contributed by atoms with Crippen LogP contribution in [0, 0.1) is 0 Å². The molecular formula is C17H15NO3S. The number of fused-ring (bicyclic) bond motifs is 1. The van der Waals surface area contributed by atoms with E-state index in [1.165, 1.54) is 11.8 Å². The zero-order chi connectivity index (χ0) is 15.5. The van der Waals surface area contributed by atoms with Crippen molar-refractivity contribution in [3.05, 3.63) is 53.4 Å². The molecule has 4 nitrogen and oxygen atoms in total. The number of nitrogens with one attached hydrogen (secondary N) is 1. The standard InChI is InChI=1S/C17H15NO3S/c1-20-13-4-5-15(21-2)14(10-13)17(19)18-12-3-6-16-11(9-12)7-8-22-16/h3-10H,1-2H3,(H,18,19). The van der Waals surface area contributed by atoms with E-state index in [1.807, 2.05) is 29.6 Å². The maximum absolute atomic E-state index is 12.5. The SMILES string of the molecule is COc1ccc(OC)c(C(=O)Nc2ccc3sccc3c2)c1. The molecule has 112 valence electrons. The lowest BCUT2D eigenvalue weighted by molar-refractivity contribution is 0.102. The number of carbonyl (C=O) groups is 1. The minimum Gasteiger partial charge on any atom is -0.497 e.